The Morgan fingerprint density at radius 3 is 2.20 bits per heavy atom. The maximum Gasteiger partial charge on any atom is 0.305 e. The highest BCUT2D eigenvalue weighted by Gasteiger charge is 2.23. The monoisotopic (exact) mass is 277 g/mol. The van der Waals surface area contributed by atoms with Crippen molar-refractivity contribution in [1.29, 1.82) is 0 Å². The molecule has 0 fully saturated rings. The molecule has 1 rings (SSSR count). The predicted octanol–water partition coefficient (Wildman–Crippen LogP) is 3.00. The van der Waals surface area contributed by atoms with Crippen LogP contribution in [0.5, 0.6) is 0 Å². The van der Waals surface area contributed by atoms with Crippen molar-refractivity contribution in [2.45, 2.75) is 46.6 Å². The van der Waals surface area contributed by atoms with E-state index < -0.39 is 5.97 Å². The third-order valence-electron chi connectivity index (χ3n) is 2.93. The fourth-order valence-electron chi connectivity index (χ4n) is 2.10. The van der Waals surface area contributed by atoms with Crippen LogP contribution in [0.4, 0.5) is 0 Å². The molecule has 0 saturated carbocycles. The van der Waals surface area contributed by atoms with Crippen molar-refractivity contribution >= 4 is 11.9 Å². The highest BCUT2D eigenvalue weighted by molar-refractivity contribution is 5.94. The number of rotatable bonds is 5. The molecule has 0 aliphatic heterocycles. The number of aliphatic carboxylic acids is 1. The fourth-order valence-corrected chi connectivity index (χ4v) is 2.10. The van der Waals surface area contributed by atoms with E-state index in [0.29, 0.717) is 12.0 Å². The van der Waals surface area contributed by atoms with Crippen molar-refractivity contribution in [2.24, 2.45) is 5.41 Å². The smallest absolute Gasteiger partial charge is 0.305 e. The minimum absolute atomic E-state index is 0.0410. The van der Waals surface area contributed by atoms with E-state index in [4.69, 9.17) is 5.11 Å². The van der Waals surface area contributed by atoms with Crippen molar-refractivity contribution in [2.75, 3.05) is 0 Å². The topological polar surface area (TPSA) is 66.4 Å². The number of carbonyl (C=O) groups excluding carboxylic acids is 1. The van der Waals surface area contributed by atoms with Gasteiger partial charge in [0.1, 0.15) is 0 Å². The molecule has 0 heterocycles. The Bertz CT molecular complexity index is 471. The van der Waals surface area contributed by atoms with Gasteiger partial charge in [-0.25, -0.2) is 0 Å². The van der Waals surface area contributed by atoms with E-state index in [9.17, 15) is 9.59 Å². The van der Waals surface area contributed by atoms with Crippen LogP contribution in [0.3, 0.4) is 0 Å². The minimum Gasteiger partial charge on any atom is -0.481 e. The van der Waals surface area contributed by atoms with E-state index in [1.54, 1.807) is 12.1 Å². The molecule has 1 aromatic rings. The number of hydrogen-bond donors (Lipinski definition) is 2. The Morgan fingerprint density at radius 1 is 1.20 bits per heavy atom. The van der Waals surface area contributed by atoms with Crippen molar-refractivity contribution in [3.05, 3.63) is 35.4 Å². The Balaban J connectivity index is 2.75. The first-order valence-corrected chi connectivity index (χ1v) is 6.77. The van der Waals surface area contributed by atoms with Gasteiger partial charge in [0.05, 0.1) is 6.42 Å². The first-order valence-electron chi connectivity index (χ1n) is 6.77. The zero-order valence-electron chi connectivity index (χ0n) is 12.6. The van der Waals surface area contributed by atoms with E-state index in [-0.39, 0.29) is 23.8 Å². The highest BCUT2D eigenvalue weighted by Crippen LogP contribution is 2.22. The van der Waals surface area contributed by atoms with Gasteiger partial charge in [0.25, 0.3) is 5.91 Å². The number of nitrogens with one attached hydrogen (secondary N) is 1. The molecule has 0 bridgehead atoms. The van der Waals surface area contributed by atoms with Crippen molar-refractivity contribution in [3.8, 4) is 0 Å². The Hall–Kier alpha value is -1.84. The zero-order chi connectivity index (χ0) is 15.3. The van der Waals surface area contributed by atoms with Crippen LogP contribution in [-0.4, -0.2) is 23.0 Å². The van der Waals surface area contributed by atoms with Gasteiger partial charge in [0.15, 0.2) is 0 Å². The third kappa shape index (κ3) is 5.87. The van der Waals surface area contributed by atoms with E-state index in [0.717, 1.165) is 5.56 Å². The van der Waals surface area contributed by atoms with E-state index in [2.05, 4.69) is 5.32 Å². The molecule has 0 spiro atoms. The van der Waals surface area contributed by atoms with Crippen molar-refractivity contribution in [1.82, 2.24) is 5.32 Å². The molecule has 0 radical (unpaired) electrons. The standard InChI is InChI=1S/C16H23NO3/c1-11-5-7-12(8-6-11)15(20)17-13(9-14(18)19)10-16(2,3)4/h5-8,13H,9-10H2,1-4H3,(H,17,20)(H,18,19). The SMILES string of the molecule is Cc1ccc(C(=O)NC(CC(=O)O)CC(C)(C)C)cc1. The Kier molecular flexibility index (Phi) is 5.31. The molecular formula is C16H23NO3. The van der Waals surface area contributed by atoms with Crippen LogP contribution in [0.2, 0.25) is 0 Å². The number of carbonyl (C=O) groups is 2. The lowest BCUT2D eigenvalue weighted by Crippen LogP contribution is -2.39. The van der Waals surface area contributed by atoms with Gasteiger partial charge < -0.3 is 10.4 Å². The van der Waals surface area contributed by atoms with Crippen LogP contribution in [0.1, 0.15) is 49.5 Å². The molecule has 1 atom stereocenters. The lowest BCUT2D eigenvalue weighted by Gasteiger charge is -2.25. The van der Waals surface area contributed by atoms with Gasteiger partial charge >= 0.3 is 5.97 Å². The van der Waals surface area contributed by atoms with E-state index in [1.165, 1.54) is 0 Å². The van der Waals surface area contributed by atoms with Crippen LogP contribution >= 0.6 is 0 Å². The van der Waals surface area contributed by atoms with Gasteiger partial charge in [-0.15, -0.1) is 0 Å². The van der Waals surface area contributed by atoms with Crippen LogP contribution in [0.25, 0.3) is 0 Å². The second-order valence-electron chi connectivity index (χ2n) is 6.40. The van der Waals surface area contributed by atoms with E-state index >= 15 is 0 Å². The molecule has 1 aromatic carbocycles. The number of aryl methyl sites for hydroxylation is 1. The number of amides is 1. The molecule has 0 aromatic heterocycles. The fraction of sp³-hybridized carbons (Fsp3) is 0.500. The van der Waals surface area contributed by atoms with Gasteiger partial charge in [-0.3, -0.25) is 9.59 Å². The van der Waals surface area contributed by atoms with Crippen LogP contribution in [-0.2, 0) is 4.79 Å². The average Bonchev–Trinajstić information content (AvgIpc) is 2.26. The summed E-state index contributed by atoms with van der Waals surface area (Å²) in [6, 6.07) is 6.87. The summed E-state index contributed by atoms with van der Waals surface area (Å²) in [7, 11) is 0. The van der Waals surface area contributed by atoms with Gasteiger partial charge in [-0.05, 0) is 30.9 Å². The molecule has 20 heavy (non-hydrogen) atoms. The van der Waals surface area contributed by atoms with Crippen molar-refractivity contribution in [3.63, 3.8) is 0 Å². The molecule has 1 amide bonds. The number of carboxylic acids is 1. The number of benzene rings is 1. The first-order chi connectivity index (χ1) is 9.17. The molecule has 4 heteroatoms. The molecular weight excluding hydrogens is 254 g/mol. The summed E-state index contributed by atoms with van der Waals surface area (Å²) in [5, 5.41) is 11.8. The van der Waals surface area contributed by atoms with Gasteiger partial charge in [-0.2, -0.15) is 0 Å². The lowest BCUT2D eigenvalue weighted by molar-refractivity contribution is -0.137. The Labute approximate surface area is 120 Å². The molecule has 2 N–H and O–H groups in total. The van der Waals surface area contributed by atoms with Gasteiger partial charge in [0.2, 0.25) is 0 Å². The molecule has 0 saturated heterocycles. The summed E-state index contributed by atoms with van der Waals surface area (Å²) in [6.45, 7) is 8.04. The van der Waals surface area contributed by atoms with Gasteiger partial charge in [-0.1, -0.05) is 38.5 Å². The second kappa shape index (κ2) is 6.55. The summed E-state index contributed by atoms with van der Waals surface area (Å²) in [5.74, 6) is -1.12. The summed E-state index contributed by atoms with van der Waals surface area (Å²) < 4.78 is 0. The minimum atomic E-state index is -0.900. The average molecular weight is 277 g/mol. The highest BCUT2D eigenvalue weighted by atomic mass is 16.4. The molecule has 0 aliphatic carbocycles. The Morgan fingerprint density at radius 2 is 1.75 bits per heavy atom. The van der Waals surface area contributed by atoms with Crippen molar-refractivity contribution < 1.29 is 14.7 Å². The summed E-state index contributed by atoms with van der Waals surface area (Å²) in [4.78, 5) is 23.0. The molecule has 1 unspecified atom stereocenters. The normalized spacial score (nSPS) is 12.8. The third-order valence-corrected chi connectivity index (χ3v) is 2.93. The van der Waals surface area contributed by atoms with Crippen LogP contribution < -0.4 is 5.32 Å². The quantitative estimate of drug-likeness (QED) is 0.869. The number of carboxylic acid groups (broad SMARTS) is 1. The van der Waals surface area contributed by atoms with E-state index in [1.807, 2.05) is 39.8 Å². The maximum atomic E-state index is 12.1. The largest absolute Gasteiger partial charge is 0.481 e. The first kappa shape index (κ1) is 16.2. The lowest BCUT2D eigenvalue weighted by atomic mass is 9.87. The summed E-state index contributed by atoms with van der Waals surface area (Å²) in [6.07, 6.45) is 0.561. The van der Waals surface area contributed by atoms with Crippen LogP contribution in [0, 0.1) is 12.3 Å². The van der Waals surface area contributed by atoms with Gasteiger partial charge in [0, 0.05) is 11.6 Å². The van der Waals surface area contributed by atoms with Crippen LogP contribution in [0.15, 0.2) is 24.3 Å². The second-order valence-corrected chi connectivity index (χ2v) is 6.40. The summed E-state index contributed by atoms with van der Waals surface area (Å²) >= 11 is 0. The molecule has 0 aliphatic rings. The maximum absolute atomic E-state index is 12.1. The molecule has 4 nitrogen and oxygen atoms in total. The zero-order valence-corrected chi connectivity index (χ0v) is 12.6. The predicted molar refractivity (Wildman–Crippen MR) is 78.8 cm³/mol. The molecule has 110 valence electrons. The number of hydrogen-bond acceptors (Lipinski definition) is 2. The summed E-state index contributed by atoms with van der Waals surface area (Å²) in [5.41, 5.74) is 1.60.